The molecule has 0 heterocycles. The smallest absolute Gasteiger partial charge is 0.158 e. The summed E-state index contributed by atoms with van der Waals surface area (Å²) in [6.07, 6.45) is 7.65. The highest BCUT2D eigenvalue weighted by molar-refractivity contribution is 5.96. The van der Waals surface area contributed by atoms with Gasteiger partial charge in [0.1, 0.15) is 0 Å². The van der Waals surface area contributed by atoms with Gasteiger partial charge in [-0.05, 0) is 80.6 Å². The monoisotopic (exact) mass is 318 g/mol. The predicted molar refractivity (Wildman–Crippen MR) is 88.7 cm³/mol. The molecule has 0 aromatic heterocycles. The molecular formula is C20H30O3. The number of aliphatic hydroxyl groups excluding tert-OH is 2. The number of hydrogen-bond acceptors (Lipinski definition) is 3. The van der Waals surface area contributed by atoms with Crippen LogP contribution in [0.5, 0.6) is 0 Å². The highest BCUT2D eigenvalue weighted by Crippen LogP contribution is 2.65. The number of Topliss-reactive ketones (excluding diaryl/α,β-unsaturated/α-hetero) is 1. The molecule has 0 saturated heterocycles. The molecule has 0 radical (unpaired) electrons. The summed E-state index contributed by atoms with van der Waals surface area (Å²) in [4.78, 5) is 12.2. The lowest BCUT2D eigenvalue weighted by Crippen LogP contribution is -2.54. The molecule has 128 valence electrons. The van der Waals surface area contributed by atoms with E-state index in [0.29, 0.717) is 30.0 Å². The molecule has 2 N–H and O–H groups in total. The molecule has 0 aromatic carbocycles. The summed E-state index contributed by atoms with van der Waals surface area (Å²) in [7, 11) is 0. The second-order valence-electron chi connectivity index (χ2n) is 8.89. The van der Waals surface area contributed by atoms with Crippen LogP contribution in [0.1, 0.15) is 65.2 Å². The van der Waals surface area contributed by atoms with E-state index in [1.807, 2.05) is 6.92 Å². The second kappa shape index (κ2) is 5.16. The van der Waals surface area contributed by atoms with Gasteiger partial charge in [-0.25, -0.2) is 0 Å². The Hall–Kier alpha value is -0.670. The van der Waals surface area contributed by atoms with Crippen molar-refractivity contribution in [2.24, 2.45) is 28.6 Å². The number of hydrogen-bond donors (Lipinski definition) is 2. The van der Waals surface area contributed by atoms with Crippen molar-refractivity contribution in [2.75, 3.05) is 6.61 Å². The van der Waals surface area contributed by atoms with Gasteiger partial charge in [-0.1, -0.05) is 12.5 Å². The Balaban J connectivity index is 1.75. The maximum absolute atomic E-state index is 12.2. The minimum atomic E-state index is -0.148. The molecule has 23 heavy (non-hydrogen) atoms. The minimum absolute atomic E-state index is 0.0819. The van der Waals surface area contributed by atoms with Crippen LogP contribution >= 0.6 is 0 Å². The van der Waals surface area contributed by atoms with Crippen LogP contribution in [-0.4, -0.2) is 28.7 Å². The van der Waals surface area contributed by atoms with Gasteiger partial charge in [0.15, 0.2) is 5.78 Å². The van der Waals surface area contributed by atoms with Crippen molar-refractivity contribution in [3.8, 4) is 0 Å². The quantitative estimate of drug-likeness (QED) is 0.780. The Morgan fingerprint density at radius 1 is 1.09 bits per heavy atom. The Bertz CT molecular complexity index is 565. The van der Waals surface area contributed by atoms with E-state index >= 15 is 0 Å². The van der Waals surface area contributed by atoms with Gasteiger partial charge in [0, 0.05) is 11.8 Å². The average molecular weight is 318 g/mol. The molecule has 4 aliphatic rings. The average Bonchev–Trinajstić information content (AvgIpc) is 2.86. The third-order valence-corrected chi connectivity index (χ3v) is 8.38. The zero-order valence-corrected chi connectivity index (χ0v) is 14.5. The number of aliphatic hydroxyl groups is 2. The van der Waals surface area contributed by atoms with Crippen LogP contribution in [-0.2, 0) is 4.79 Å². The van der Waals surface area contributed by atoms with Crippen molar-refractivity contribution in [1.82, 2.24) is 0 Å². The summed E-state index contributed by atoms with van der Waals surface area (Å²) in [5.74, 6) is 2.00. The van der Waals surface area contributed by atoms with Gasteiger partial charge < -0.3 is 10.2 Å². The Morgan fingerprint density at radius 3 is 2.61 bits per heavy atom. The zero-order valence-electron chi connectivity index (χ0n) is 14.5. The lowest BCUT2D eigenvalue weighted by Gasteiger charge is -2.58. The van der Waals surface area contributed by atoms with Gasteiger partial charge in [0.2, 0.25) is 0 Å². The predicted octanol–water partition coefficient (Wildman–Crippen LogP) is 3.24. The van der Waals surface area contributed by atoms with Crippen molar-refractivity contribution in [3.63, 3.8) is 0 Å². The van der Waals surface area contributed by atoms with Gasteiger partial charge >= 0.3 is 0 Å². The normalized spacial score (nSPS) is 49.7. The van der Waals surface area contributed by atoms with Crippen molar-refractivity contribution in [1.29, 1.82) is 0 Å². The SMILES string of the molecule is CC1=C2CC[C@@H]3[C@H](CC[C@]4(C)[C@@H](O)CC[C@@H]34)[C@@]2(CO)CCC1=O. The fourth-order valence-corrected chi connectivity index (χ4v) is 7.01. The number of rotatable bonds is 1. The highest BCUT2D eigenvalue weighted by Gasteiger charge is 2.60. The van der Waals surface area contributed by atoms with Gasteiger partial charge in [0.25, 0.3) is 0 Å². The summed E-state index contributed by atoms with van der Waals surface area (Å²) in [6, 6.07) is 0. The maximum atomic E-state index is 12.2. The summed E-state index contributed by atoms with van der Waals surface area (Å²) in [5, 5.41) is 20.9. The van der Waals surface area contributed by atoms with Crippen LogP contribution < -0.4 is 0 Å². The lowest BCUT2D eigenvalue weighted by molar-refractivity contribution is -0.121. The molecule has 3 nitrogen and oxygen atoms in total. The van der Waals surface area contributed by atoms with E-state index in [2.05, 4.69) is 6.92 Å². The van der Waals surface area contributed by atoms with Crippen LogP contribution in [0.15, 0.2) is 11.1 Å². The number of carbonyl (C=O) groups excluding carboxylic acids is 1. The van der Waals surface area contributed by atoms with Crippen LogP contribution in [0.2, 0.25) is 0 Å². The number of carbonyl (C=O) groups is 1. The van der Waals surface area contributed by atoms with Gasteiger partial charge in [-0.3, -0.25) is 4.79 Å². The molecule has 0 aromatic rings. The molecule has 4 rings (SSSR count). The molecule has 0 unspecified atom stereocenters. The molecule has 3 heteroatoms. The van der Waals surface area contributed by atoms with E-state index in [1.54, 1.807) is 0 Å². The van der Waals surface area contributed by atoms with Crippen LogP contribution in [0.25, 0.3) is 0 Å². The van der Waals surface area contributed by atoms with E-state index in [1.165, 1.54) is 5.57 Å². The minimum Gasteiger partial charge on any atom is -0.395 e. The fraction of sp³-hybridized carbons (Fsp3) is 0.850. The second-order valence-corrected chi connectivity index (χ2v) is 8.89. The molecule has 0 bridgehead atoms. The Labute approximate surface area is 139 Å². The molecule has 6 atom stereocenters. The van der Waals surface area contributed by atoms with E-state index in [-0.39, 0.29) is 23.5 Å². The molecule has 4 aliphatic carbocycles. The summed E-state index contributed by atoms with van der Waals surface area (Å²) >= 11 is 0. The highest BCUT2D eigenvalue weighted by atomic mass is 16.3. The van der Waals surface area contributed by atoms with Crippen molar-refractivity contribution >= 4 is 5.78 Å². The first-order valence-corrected chi connectivity index (χ1v) is 9.46. The maximum Gasteiger partial charge on any atom is 0.158 e. The van der Waals surface area contributed by atoms with Crippen molar-refractivity contribution in [2.45, 2.75) is 71.3 Å². The van der Waals surface area contributed by atoms with Crippen molar-refractivity contribution < 1.29 is 15.0 Å². The Kier molecular flexibility index (Phi) is 3.55. The number of fused-ring (bicyclic) bond motifs is 5. The molecule has 0 amide bonds. The van der Waals surface area contributed by atoms with Crippen LogP contribution in [0, 0.1) is 28.6 Å². The topological polar surface area (TPSA) is 57.5 Å². The number of ketones is 1. The summed E-state index contributed by atoms with van der Waals surface area (Å²) in [6.45, 7) is 4.46. The first-order chi connectivity index (χ1) is 10.9. The van der Waals surface area contributed by atoms with E-state index in [4.69, 9.17) is 0 Å². The molecule has 3 fully saturated rings. The van der Waals surface area contributed by atoms with Crippen LogP contribution in [0.3, 0.4) is 0 Å². The molecule has 0 aliphatic heterocycles. The zero-order chi connectivity index (χ0) is 16.4. The third kappa shape index (κ3) is 1.93. The first kappa shape index (κ1) is 15.8. The lowest BCUT2D eigenvalue weighted by atomic mass is 9.46. The van der Waals surface area contributed by atoms with E-state index < -0.39 is 0 Å². The van der Waals surface area contributed by atoms with Crippen LogP contribution in [0.4, 0.5) is 0 Å². The fourth-order valence-electron chi connectivity index (χ4n) is 7.01. The Morgan fingerprint density at radius 2 is 1.87 bits per heavy atom. The van der Waals surface area contributed by atoms with E-state index in [9.17, 15) is 15.0 Å². The largest absolute Gasteiger partial charge is 0.395 e. The van der Waals surface area contributed by atoms with Gasteiger partial charge in [-0.2, -0.15) is 0 Å². The molecule has 3 saturated carbocycles. The third-order valence-electron chi connectivity index (χ3n) is 8.38. The van der Waals surface area contributed by atoms with E-state index in [0.717, 1.165) is 50.5 Å². The van der Waals surface area contributed by atoms with Gasteiger partial charge in [0.05, 0.1) is 12.7 Å². The first-order valence-electron chi connectivity index (χ1n) is 9.46. The van der Waals surface area contributed by atoms with Crippen molar-refractivity contribution in [3.05, 3.63) is 11.1 Å². The standard InChI is InChI=1S/C20H30O3/c1-12-14-4-3-13-15-5-6-18(23)19(15,2)9-7-16(13)20(14,11-21)10-8-17(12)22/h13,15-16,18,21,23H,3-11H2,1-2H3/t13-,15-,16-,18-,19-,20+/m0/s1. The van der Waals surface area contributed by atoms with Gasteiger partial charge in [-0.15, -0.1) is 0 Å². The summed E-state index contributed by atoms with van der Waals surface area (Å²) < 4.78 is 0. The molecule has 0 spiro atoms. The summed E-state index contributed by atoms with van der Waals surface area (Å²) in [5.41, 5.74) is 2.16. The molecular weight excluding hydrogens is 288 g/mol.